The Morgan fingerprint density at radius 3 is 2.80 bits per heavy atom. The van der Waals surface area contributed by atoms with Gasteiger partial charge >= 0.3 is 0 Å². The zero-order chi connectivity index (χ0) is 19.9. The largest absolute Gasteiger partial charge is 0.352 e. The molecule has 0 radical (unpaired) electrons. The zero-order valence-electron chi connectivity index (χ0n) is 16.5. The Bertz CT molecular complexity index is 1310. The van der Waals surface area contributed by atoms with Crippen LogP contribution in [0, 0.1) is 0 Å². The molecule has 148 valence electrons. The summed E-state index contributed by atoms with van der Waals surface area (Å²) in [5.74, 6) is 0. The fourth-order valence-corrected chi connectivity index (χ4v) is 4.28. The molecule has 30 heavy (non-hydrogen) atoms. The summed E-state index contributed by atoms with van der Waals surface area (Å²) >= 11 is 0. The third-order valence-electron chi connectivity index (χ3n) is 5.79. The normalized spacial score (nSPS) is 14.8. The van der Waals surface area contributed by atoms with Crippen molar-refractivity contribution in [2.75, 3.05) is 13.1 Å². The van der Waals surface area contributed by atoms with E-state index in [2.05, 4.69) is 47.2 Å². The van der Waals surface area contributed by atoms with E-state index in [9.17, 15) is 0 Å². The molecule has 0 unspecified atom stereocenters. The molecule has 7 heteroatoms. The first-order valence-corrected chi connectivity index (χ1v) is 10.3. The Kier molecular flexibility index (Phi) is 4.06. The van der Waals surface area contributed by atoms with Gasteiger partial charge in [0.15, 0.2) is 0 Å². The van der Waals surface area contributed by atoms with Gasteiger partial charge in [0.25, 0.3) is 0 Å². The minimum Gasteiger partial charge on any atom is -0.352 e. The van der Waals surface area contributed by atoms with Crippen LogP contribution in [0.15, 0.2) is 55.1 Å². The zero-order valence-corrected chi connectivity index (χ0v) is 16.5. The smallest absolute Gasteiger partial charge is 0.116 e. The van der Waals surface area contributed by atoms with Crippen molar-refractivity contribution < 1.29 is 0 Å². The summed E-state index contributed by atoms with van der Waals surface area (Å²) in [6.07, 6.45) is 10.1. The van der Waals surface area contributed by atoms with Crippen LogP contribution in [-0.2, 0) is 6.54 Å². The Hall–Kier alpha value is -3.58. The van der Waals surface area contributed by atoms with Crippen molar-refractivity contribution in [2.45, 2.75) is 19.4 Å². The molecule has 2 N–H and O–H groups in total. The molecule has 5 aromatic heterocycles. The Balaban J connectivity index is 1.39. The predicted molar refractivity (Wildman–Crippen MR) is 117 cm³/mol. The summed E-state index contributed by atoms with van der Waals surface area (Å²) in [7, 11) is 0. The average Bonchev–Trinajstić information content (AvgIpc) is 3.52. The number of fused-ring (bicyclic) bond motifs is 2. The van der Waals surface area contributed by atoms with E-state index in [1.54, 1.807) is 6.20 Å². The van der Waals surface area contributed by atoms with Gasteiger partial charge in [0, 0.05) is 36.1 Å². The molecule has 1 aliphatic heterocycles. The highest BCUT2D eigenvalue weighted by Crippen LogP contribution is 2.30. The quantitative estimate of drug-likeness (QED) is 0.477. The van der Waals surface area contributed by atoms with Crippen molar-refractivity contribution in [3.63, 3.8) is 0 Å². The molecule has 0 aliphatic carbocycles. The molecule has 1 fully saturated rings. The highest BCUT2D eigenvalue weighted by Gasteiger charge is 2.15. The lowest BCUT2D eigenvalue weighted by Gasteiger charge is -2.14. The molecular weight excluding hydrogens is 374 g/mol. The molecule has 7 nitrogen and oxygen atoms in total. The van der Waals surface area contributed by atoms with Crippen LogP contribution in [0.25, 0.3) is 44.6 Å². The van der Waals surface area contributed by atoms with E-state index in [1.807, 2.05) is 36.8 Å². The Morgan fingerprint density at radius 2 is 1.90 bits per heavy atom. The lowest BCUT2D eigenvalue weighted by molar-refractivity contribution is 0.331. The van der Waals surface area contributed by atoms with E-state index in [0.29, 0.717) is 0 Å². The van der Waals surface area contributed by atoms with E-state index in [1.165, 1.54) is 31.5 Å². The Morgan fingerprint density at radius 1 is 0.967 bits per heavy atom. The number of H-pyrrole nitrogens is 2. The van der Waals surface area contributed by atoms with Crippen molar-refractivity contribution in [1.82, 2.24) is 35.0 Å². The second kappa shape index (κ2) is 7.03. The second-order valence-corrected chi connectivity index (χ2v) is 7.87. The molecule has 6 rings (SSSR count). The van der Waals surface area contributed by atoms with Gasteiger partial charge in [-0.3, -0.25) is 25.0 Å². The first kappa shape index (κ1) is 17.3. The number of aromatic amines is 2. The van der Waals surface area contributed by atoms with Gasteiger partial charge < -0.3 is 4.98 Å². The van der Waals surface area contributed by atoms with E-state index >= 15 is 0 Å². The maximum Gasteiger partial charge on any atom is 0.116 e. The van der Waals surface area contributed by atoms with Crippen LogP contribution in [0.1, 0.15) is 18.4 Å². The van der Waals surface area contributed by atoms with Gasteiger partial charge in [-0.25, -0.2) is 0 Å². The van der Waals surface area contributed by atoms with Crippen LogP contribution in [0.4, 0.5) is 0 Å². The molecule has 6 heterocycles. The molecule has 1 saturated heterocycles. The van der Waals surface area contributed by atoms with E-state index < -0.39 is 0 Å². The standard InChI is InChI=1S/C23H21N7/c1-2-7-30(6-1)14-15-8-16(12-24-11-15)19-9-17-22(13-26-19)28-29-23(17)21-10-20-18(27-21)4-3-5-25-20/h3-5,8-13,27H,1-2,6-7,14H2,(H,28,29). The van der Waals surface area contributed by atoms with E-state index in [0.717, 1.165) is 51.1 Å². The van der Waals surface area contributed by atoms with Crippen molar-refractivity contribution in [1.29, 1.82) is 0 Å². The third-order valence-corrected chi connectivity index (χ3v) is 5.79. The number of nitrogens with one attached hydrogen (secondary N) is 2. The fourth-order valence-electron chi connectivity index (χ4n) is 4.28. The van der Waals surface area contributed by atoms with Gasteiger partial charge in [-0.05, 0) is 61.8 Å². The first-order valence-electron chi connectivity index (χ1n) is 10.3. The van der Waals surface area contributed by atoms with E-state index in [4.69, 9.17) is 0 Å². The molecule has 0 bridgehead atoms. The lowest BCUT2D eigenvalue weighted by Crippen LogP contribution is -2.18. The van der Waals surface area contributed by atoms with Gasteiger partial charge in [-0.15, -0.1) is 0 Å². The molecule has 0 amide bonds. The molecule has 0 spiro atoms. The van der Waals surface area contributed by atoms with Crippen molar-refractivity contribution >= 4 is 21.9 Å². The van der Waals surface area contributed by atoms with Gasteiger partial charge in [0.1, 0.15) is 5.69 Å². The van der Waals surface area contributed by atoms with Crippen molar-refractivity contribution in [3.8, 4) is 22.6 Å². The summed E-state index contributed by atoms with van der Waals surface area (Å²) in [5, 5.41) is 8.65. The number of hydrogen-bond acceptors (Lipinski definition) is 5. The SMILES string of the molecule is c1cnc2cc(-c3n[nH]c4cnc(-c5cncc(CN6CCCC6)c5)cc34)[nH]c2c1. The summed E-state index contributed by atoms with van der Waals surface area (Å²) in [4.78, 5) is 19.4. The molecule has 5 aromatic rings. The number of nitrogens with zero attached hydrogens (tertiary/aromatic N) is 5. The Labute approximate surface area is 173 Å². The van der Waals surface area contributed by atoms with Gasteiger partial charge in [0.05, 0.1) is 34.1 Å². The number of rotatable bonds is 4. The third kappa shape index (κ3) is 3.04. The van der Waals surface area contributed by atoms with E-state index in [-0.39, 0.29) is 0 Å². The monoisotopic (exact) mass is 395 g/mol. The summed E-state index contributed by atoms with van der Waals surface area (Å²) < 4.78 is 0. The first-order chi connectivity index (χ1) is 14.8. The molecule has 0 atom stereocenters. The molecule has 0 aromatic carbocycles. The highest BCUT2D eigenvalue weighted by molar-refractivity contribution is 5.96. The highest BCUT2D eigenvalue weighted by atomic mass is 15.1. The number of likely N-dealkylation sites (tertiary alicyclic amines) is 1. The van der Waals surface area contributed by atoms with Gasteiger partial charge in [-0.2, -0.15) is 5.10 Å². The second-order valence-electron chi connectivity index (χ2n) is 7.87. The fraction of sp³-hybridized carbons (Fsp3) is 0.217. The topological polar surface area (TPSA) is 86.4 Å². The maximum atomic E-state index is 4.65. The van der Waals surface area contributed by atoms with Crippen LogP contribution in [0.2, 0.25) is 0 Å². The summed E-state index contributed by atoms with van der Waals surface area (Å²) in [5.41, 5.74) is 7.79. The van der Waals surface area contributed by atoms with Crippen LogP contribution < -0.4 is 0 Å². The number of hydrogen-bond donors (Lipinski definition) is 2. The van der Waals surface area contributed by atoms with Crippen LogP contribution in [0.3, 0.4) is 0 Å². The summed E-state index contributed by atoms with van der Waals surface area (Å²) in [6, 6.07) is 10.3. The van der Waals surface area contributed by atoms with Crippen LogP contribution >= 0.6 is 0 Å². The number of pyridine rings is 3. The molecular formula is C23H21N7. The van der Waals surface area contributed by atoms with Crippen LogP contribution in [0.5, 0.6) is 0 Å². The van der Waals surface area contributed by atoms with Crippen molar-refractivity contribution in [3.05, 3.63) is 60.7 Å². The minimum absolute atomic E-state index is 0.868. The van der Waals surface area contributed by atoms with Gasteiger partial charge in [-0.1, -0.05) is 0 Å². The van der Waals surface area contributed by atoms with Gasteiger partial charge in [0.2, 0.25) is 0 Å². The molecule has 1 aliphatic rings. The predicted octanol–water partition coefficient (Wildman–Crippen LogP) is 4.16. The average molecular weight is 395 g/mol. The minimum atomic E-state index is 0.868. The lowest BCUT2D eigenvalue weighted by atomic mass is 10.1. The van der Waals surface area contributed by atoms with Crippen molar-refractivity contribution in [2.24, 2.45) is 0 Å². The summed E-state index contributed by atoms with van der Waals surface area (Å²) in [6.45, 7) is 3.29. The number of aromatic nitrogens is 6. The van der Waals surface area contributed by atoms with Crippen LogP contribution in [-0.4, -0.2) is 48.1 Å². The maximum absolute atomic E-state index is 4.65. The molecule has 0 saturated carbocycles.